The minimum atomic E-state index is 0.0970. The highest BCUT2D eigenvalue weighted by Crippen LogP contribution is 2.36. The summed E-state index contributed by atoms with van der Waals surface area (Å²) in [5.74, 6) is 1.47. The molecule has 2 rings (SSSR count). The molecule has 98 valence electrons. The molecule has 1 aromatic rings. The van der Waals surface area contributed by atoms with E-state index in [0.29, 0.717) is 27.4 Å². The topological polar surface area (TPSA) is 17.1 Å². The van der Waals surface area contributed by atoms with E-state index in [0.717, 1.165) is 12.8 Å². The van der Waals surface area contributed by atoms with Crippen LogP contribution in [0, 0.1) is 17.8 Å². The number of hydrogen-bond donors (Lipinski definition) is 0. The molecule has 1 aliphatic rings. The van der Waals surface area contributed by atoms with Crippen molar-refractivity contribution < 1.29 is 4.79 Å². The molecule has 0 amide bonds. The van der Waals surface area contributed by atoms with Crippen LogP contribution in [0.2, 0.25) is 10.0 Å². The molecule has 0 saturated heterocycles. The Morgan fingerprint density at radius 3 is 2.33 bits per heavy atom. The van der Waals surface area contributed by atoms with Crippen LogP contribution in [-0.2, 0) is 0 Å². The van der Waals surface area contributed by atoms with Crippen molar-refractivity contribution in [3.63, 3.8) is 0 Å². The lowest BCUT2D eigenvalue weighted by molar-refractivity contribution is 0.0836. The van der Waals surface area contributed by atoms with Crippen LogP contribution in [0.3, 0.4) is 0 Å². The molecule has 0 N–H and O–H groups in total. The lowest BCUT2D eigenvalue weighted by atomic mass is 9.74. The van der Waals surface area contributed by atoms with Gasteiger partial charge in [-0.3, -0.25) is 4.79 Å². The largest absolute Gasteiger partial charge is 0.294 e. The van der Waals surface area contributed by atoms with Crippen molar-refractivity contribution in [2.75, 3.05) is 0 Å². The van der Waals surface area contributed by atoms with Gasteiger partial charge in [-0.2, -0.15) is 0 Å². The first-order chi connectivity index (χ1) is 8.47. The second kappa shape index (κ2) is 5.63. The zero-order chi connectivity index (χ0) is 13.3. The molecular weight excluding hydrogens is 267 g/mol. The Balaban J connectivity index is 2.22. The quantitative estimate of drug-likeness (QED) is 0.678. The third-order valence-electron chi connectivity index (χ3n) is 3.74. The standard InChI is InChI=1S/C15H18Cl2O/c1-9-5-10(2)7-11(6-9)15(18)13-8-12(16)3-4-14(13)17/h3-4,8-11H,5-7H2,1-2H3. The molecule has 1 fully saturated rings. The van der Waals surface area contributed by atoms with Gasteiger partial charge < -0.3 is 0 Å². The van der Waals surface area contributed by atoms with Gasteiger partial charge in [-0.25, -0.2) is 0 Å². The van der Waals surface area contributed by atoms with Crippen LogP contribution in [0.5, 0.6) is 0 Å². The predicted octanol–water partition coefficient (Wildman–Crippen LogP) is 5.25. The summed E-state index contributed by atoms with van der Waals surface area (Å²) in [6.45, 7) is 4.44. The third kappa shape index (κ3) is 3.07. The zero-order valence-corrected chi connectivity index (χ0v) is 12.3. The van der Waals surface area contributed by atoms with Crippen LogP contribution < -0.4 is 0 Å². The Morgan fingerprint density at radius 1 is 1.11 bits per heavy atom. The molecule has 1 aliphatic carbocycles. The lowest BCUT2D eigenvalue weighted by Gasteiger charge is -2.30. The molecule has 0 radical (unpaired) electrons. The maximum absolute atomic E-state index is 12.5. The summed E-state index contributed by atoms with van der Waals surface area (Å²) >= 11 is 12.0. The number of ketones is 1. The second-order valence-corrected chi connectivity index (χ2v) is 6.45. The van der Waals surface area contributed by atoms with Crippen molar-refractivity contribution in [2.45, 2.75) is 33.1 Å². The van der Waals surface area contributed by atoms with Crippen LogP contribution in [0.1, 0.15) is 43.5 Å². The monoisotopic (exact) mass is 284 g/mol. The van der Waals surface area contributed by atoms with Crippen molar-refractivity contribution in [1.82, 2.24) is 0 Å². The number of carbonyl (C=O) groups excluding carboxylic acids is 1. The van der Waals surface area contributed by atoms with Gasteiger partial charge in [0.25, 0.3) is 0 Å². The lowest BCUT2D eigenvalue weighted by Crippen LogP contribution is -2.26. The summed E-state index contributed by atoms with van der Waals surface area (Å²) in [7, 11) is 0. The van der Waals surface area contributed by atoms with Crippen molar-refractivity contribution in [2.24, 2.45) is 17.8 Å². The van der Waals surface area contributed by atoms with Crippen molar-refractivity contribution in [3.05, 3.63) is 33.8 Å². The van der Waals surface area contributed by atoms with Crippen molar-refractivity contribution in [3.8, 4) is 0 Å². The summed E-state index contributed by atoms with van der Waals surface area (Å²) < 4.78 is 0. The van der Waals surface area contributed by atoms with Gasteiger partial charge in [0.2, 0.25) is 0 Å². The highest BCUT2D eigenvalue weighted by atomic mass is 35.5. The van der Waals surface area contributed by atoms with E-state index in [1.807, 2.05) is 0 Å². The Hall–Kier alpha value is -0.530. The molecule has 0 bridgehead atoms. The zero-order valence-electron chi connectivity index (χ0n) is 10.7. The average Bonchev–Trinajstić information content (AvgIpc) is 2.30. The van der Waals surface area contributed by atoms with Gasteiger partial charge in [0.15, 0.2) is 5.78 Å². The van der Waals surface area contributed by atoms with Gasteiger partial charge in [0.1, 0.15) is 0 Å². The van der Waals surface area contributed by atoms with E-state index in [1.165, 1.54) is 6.42 Å². The maximum Gasteiger partial charge on any atom is 0.167 e. The SMILES string of the molecule is CC1CC(C)CC(C(=O)c2cc(Cl)ccc2Cl)C1. The first kappa shape index (κ1) is 13.9. The van der Waals surface area contributed by atoms with E-state index in [-0.39, 0.29) is 11.7 Å². The summed E-state index contributed by atoms with van der Waals surface area (Å²) in [4.78, 5) is 12.5. The molecule has 3 heteroatoms. The van der Waals surface area contributed by atoms with Crippen LogP contribution in [0.4, 0.5) is 0 Å². The molecule has 0 heterocycles. The number of hydrogen-bond acceptors (Lipinski definition) is 1. The highest BCUT2D eigenvalue weighted by molar-refractivity contribution is 6.36. The minimum absolute atomic E-state index is 0.0970. The Morgan fingerprint density at radius 2 is 1.72 bits per heavy atom. The fourth-order valence-corrected chi connectivity index (χ4v) is 3.45. The molecule has 0 aliphatic heterocycles. The van der Waals surface area contributed by atoms with E-state index in [2.05, 4.69) is 13.8 Å². The Labute approximate surface area is 118 Å². The van der Waals surface area contributed by atoms with E-state index >= 15 is 0 Å². The molecule has 2 unspecified atom stereocenters. The number of rotatable bonds is 2. The summed E-state index contributed by atoms with van der Waals surface area (Å²) in [6, 6.07) is 5.11. The fourth-order valence-electron chi connectivity index (χ4n) is 3.07. The van der Waals surface area contributed by atoms with Crippen molar-refractivity contribution in [1.29, 1.82) is 0 Å². The normalized spacial score (nSPS) is 28.1. The van der Waals surface area contributed by atoms with Gasteiger partial charge in [-0.15, -0.1) is 0 Å². The van der Waals surface area contributed by atoms with E-state index < -0.39 is 0 Å². The van der Waals surface area contributed by atoms with Gasteiger partial charge in [0.05, 0.1) is 5.02 Å². The molecule has 0 spiro atoms. The number of benzene rings is 1. The molecule has 18 heavy (non-hydrogen) atoms. The smallest absolute Gasteiger partial charge is 0.167 e. The predicted molar refractivity (Wildman–Crippen MR) is 76.5 cm³/mol. The minimum Gasteiger partial charge on any atom is -0.294 e. The maximum atomic E-state index is 12.5. The van der Waals surface area contributed by atoms with Gasteiger partial charge in [-0.05, 0) is 49.3 Å². The van der Waals surface area contributed by atoms with Gasteiger partial charge in [-0.1, -0.05) is 37.0 Å². The molecule has 1 nitrogen and oxygen atoms in total. The van der Waals surface area contributed by atoms with E-state index in [4.69, 9.17) is 23.2 Å². The van der Waals surface area contributed by atoms with Crippen molar-refractivity contribution >= 4 is 29.0 Å². The van der Waals surface area contributed by atoms with Crippen LogP contribution in [0.15, 0.2) is 18.2 Å². The highest BCUT2D eigenvalue weighted by Gasteiger charge is 2.30. The van der Waals surface area contributed by atoms with E-state index in [1.54, 1.807) is 18.2 Å². The Kier molecular flexibility index (Phi) is 4.34. The number of halogens is 2. The third-order valence-corrected chi connectivity index (χ3v) is 4.31. The second-order valence-electron chi connectivity index (χ2n) is 5.60. The van der Waals surface area contributed by atoms with Crippen LogP contribution in [-0.4, -0.2) is 5.78 Å². The van der Waals surface area contributed by atoms with E-state index in [9.17, 15) is 4.79 Å². The molecular formula is C15H18Cl2O. The molecule has 0 aromatic heterocycles. The Bertz CT molecular complexity index is 446. The summed E-state index contributed by atoms with van der Waals surface area (Å²) in [5, 5.41) is 1.08. The average molecular weight is 285 g/mol. The molecule has 2 atom stereocenters. The summed E-state index contributed by atoms with van der Waals surface area (Å²) in [5.41, 5.74) is 0.579. The summed E-state index contributed by atoms with van der Waals surface area (Å²) in [6.07, 6.45) is 3.14. The van der Waals surface area contributed by atoms with Gasteiger partial charge >= 0.3 is 0 Å². The fraction of sp³-hybridized carbons (Fsp3) is 0.533. The number of Topliss-reactive ketones (excluding diaryl/α,β-unsaturated/α-hetero) is 1. The molecule has 1 saturated carbocycles. The van der Waals surface area contributed by atoms with Crippen LogP contribution >= 0.6 is 23.2 Å². The van der Waals surface area contributed by atoms with Crippen LogP contribution in [0.25, 0.3) is 0 Å². The number of carbonyl (C=O) groups is 1. The first-order valence-electron chi connectivity index (χ1n) is 6.46. The molecule has 1 aromatic carbocycles. The first-order valence-corrected chi connectivity index (χ1v) is 7.22. The van der Waals surface area contributed by atoms with Gasteiger partial charge in [0, 0.05) is 16.5 Å².